The summed E-state index contributed by atoms with van der Waals surface area (Å²) >= 11 is 0. The van der Waals surface area contributed by atoms with Crippen LogP contribution in [0.1, 0.15) is 39.4 Å². The number of hydrogen-bond donors (Lipinski definition) is 1. The number of nitro groups is 1. The number of rotatable bonds is 13. The van der Waals surface area contributed by atoms with Crippen LogP contribution in [0, 0.1) is 10.1 Å². The maximum Gasteiger partial charge on any atom is 0.416 e. The lowest BCUT2D eigenvalue weighted by atomic mass is 9.80. The minimum Gasteiger partial charge on any atom is -0.359 e. The fraction of sp³-hybridized carbons (Fsp3) is 0.211. The van der Waals surface area contributed by atoms with Crippen LogP contribution in [0.2, 0.25) is 0 Å². The number of non-ortho nitro benzene ring substituents is 1. The number of halogens is 6. The molecule has 8 nitrogen and oxygen atoms in total. The largest absolute Gasteiger partial charge is 0.416 e. The SMILES string of the molecule is CN(C)[C@@H](COC(c1ccccc1)(c1ccccc1)c1ccccc1)[C@H](NS(=O)(=O)c1cc(C(F)(F)F)cc(C(F)(F)F)c1)c1ccc([N+](=O)[O-])cc1. The highest BCUT2D eigenvalue weighted by molar-refractivity contribution is 7.89. The lowest BCUT2D eigenvalue weighted by molar-refractivity contribution is -0.384. The van der Waals surface area contributed by atoms with Crippen molar-refractivity contribution >= 4 is 15.7 Å². The standard InChI is InChI=1S/C38H33F6N3O5S/c1-46(2)34(25-52-36(27-12-6-3-7-13-27,28-14-8-4-9-15-28)29-16-10-5-11-17-29)35(26-18-20-32(21-19-26)47(48)49)45-53(50,51)33-23-30(37(39,40)41)22-31(24-33)38(42,43)44/h3-24,34-35,45H,25H2,1-2H3/t34-,35+/m0/s1. The maximum atomic E-state index is 13.9. The second kappa shape index (κ2) is 15.5. The van der Waals surface area contributed by atoms with Gasteiger partial charge in [0.05, 0.1) is 39.6 Å². The Kier molecular flexibility index (Phi) is 11.4. The van der Waals surface area contributed by atoms with E-state index in [9.17, 15) is 44.9 Å². The number of alkyl halides is 6. The number of benzene rings is 5. The van der Waals surface area contributed by atoms with Crippen molar-refractivity contribution < 1.29 is 44.4 Å². The van der Waals surface area contributed by atoms with Gasteiger partial charge in [0.15, 0.2) is 0 Å². The molecule has 0 fully saturated rings. The number of nitro benzene ring substituents is 1. The lowest BCUT2D eigenvalue weighted by Gasteiger charge is -2.40. The second-order valence-corrected chi connectivity index (χ2v) is 14.0. The first kappa shape index (κ1) is 39.1. The molecule has 278 valence electrons. The molecule has 0 saturated carbocycles. The molecule has 0 bridgehead atoms. The molecule has 5 aromatic rings. The number of nitrogens with zero attached hydrogens (tertiary/aromatic N) is 2. The smallest absolute Gasteiger partial charge is 0.359 e. The van der Waals surface area contributed by atoms with E-state index in [-0.39, 0.29) is 36.1 Å². The van der Waals surface area contributed by atoms with Gasteiger partial charge in [0.1, 0.15) is 5.60 Å². The van der Waals surface area contributed by atoms with Gasteiger partial charge in [-0.25, -0.2) is 13.1 Å². The molecule has 15 heteroatoms. The Morgan fingerprint density at radius 1 is 0.679 bits per heavy atom. The third kappa shape index (κ3) is 8.76. The Hall–Kier alpha value is -5.09. The van der Waals surface area contributed by atoms with E-state index in [0.29, 0.717) is 16.7 Å². The van der Waals surface area contributed by atoms with Crippen LogP contribution in [-0.4, -0.2) is 45.0 Å². The summed E-state index contributed by atoms with van der Waals surface area (Å²) in [5, 5.41) is 11.5. The molecule has 5 rings (SSSR count). The summed E-state index contributed by atoms with van der Waals surface area (Å²) in [4.78, 5) is 11.1. The van der Waals surface area contributed by atoms with Crippen molar-refractivity contribution in [3.63, 3.8) is 0 Å². The predicted molar refractivity (Wildman–Crippen MR) is 185 cm³/mol. The number of nitrogens with one attached hydrogen (secondary N) is 1. The molecule has 0 heterocycles. The number of ether oxygens (including phenoxy) is 1. The van der Waals surface area contributed by atoms with Crippen molar-refractivity contribution in [1.82, 2.24) is 9.62 Å². The zero-order valence-corrected chi connectivity index (χ0v) is 29.0. The van der Waals surface area contributed by atoms with Gasteiger partial charge in [-0.3, -0.25) is 10.1 Å². The first-order valence-corrected chi connectivity index (χ1v) is 17.4. The van der Waals surface area contributed by atoms with Crippen molar-refractivity contribution in [2.75, 3.05) is 20.7 Å². The van der Waals surface area contributed by atoms with E-state index >= 15 is 0 Å². The fourth-order valence-electron chi connectivity index (χ4n) is 6.01. The lowest BCUT2D eigenvalue weighted by Crippen LogP contribution is -2.48. The highest BCUT2D eigenvalue weighted by Gasteiger charge is 2.42. The Balaban J connectivity index is 1.66. The summed E-state index contributed by atoms with van der Waals surface area (Å²) in [6, 6.07) is 29.9. The molecule has 0 unspecified atom stereocenters. The van der Waals surface area contributed by atoms with E-state index in [1.54, 1.807) is 19.0 Å². The van der Waals surface area contributed by atoms with Crippen LogP contribution in [0.5, 0.6) is 0 Å². The molecule has 0 aliphatic heterocycles. The average molecular weight is 758 g/mol. The van der Waals surface area contributed by atoms with Crippen LogP contribution >= 0.6 is 0 Å². The summed E-state index contributed by atoms with van der Waals surface area (Å²) in [6.45, 7) is -0.285. The van der Waals surface area contributed by atoms with Crippen molar-refractivity contribution in [1.29, 1.82) is 0 Å². The van der Waals surface area contributed by atoms with E-state index < -0.39 is 61.0 Å². The first-order chi connectivity index (χ1) is 24.9. The summed E-state index contributed by atoms with van der Waals surface area (Å²) in [5.74, 6) is 0. The van der Waals surface area contributed by atoms with Gasteiger partial charge in [-0.05, 0) is 54.5 Å². The molecular weight excluding hydrogens is 724 g/mol. The van der Waals surface area contributed by atoms with Crippen LogP contribution < -0.4 is 4.72 Å². The quantitative estimate of drug-likeness (QED) is 0.0559. The summed E-state index contributed by atoms with van der Waals surface area (Å²) in [7, 11) is -1.98. The van der Waals surface area contributed by atoms with Crippen molar-refractivity contribution in [2.45, 2.75) is 34.9 Å². The van der Waals surface area contributed by atoms with E-state index in [1.165, 1.54) is 12.1 Å². The molecular formula is C38H33F6N3O5S. The Bertz CT molecular complexity index is 1990. The average Bonchev–Trinajstić information content (AvgIpc) is 3.13. The molecule has 0 saturated heterocycles. The first-order valence-electron chi connectivity index (χ1n) is 16.0. The second-order valence-electron chi connectivity index (χ2n) is 12.3. The van der Waals surface area contributed by atoms with Gasteiger partial charge in [0, 0.05) is 12.1 Å². The molecule has 0 aromatic heterocycles. The van der Waals surface area contributed by atoms with Gasteiger partial charge >= 0.3 is 12.4 Å². The van der Waals surface area contributed by atoms with Gasteiger partial charge in [-0.1, -0.05) is 103 Å². The molecule has 0 amide bonds. The number of likely N-dealkylation sites (N-methyl/N-ethyl adjacent to an activating group) is 1. The van der Waals surface area contributed by atoms with Crippen LogP contribution in [0.15, 0.2) is 138 Å². The predicted octanol–water partition coefficient (Wildman–Crippen LogP) is 8.59. The fourth-order valence-corrected chi connectivity index (χ4v) is 7.34. The Morgan fingerprint density at radius 3 is 1.45 bits per heavy atom. The van der Waals surface area contributed by atoms with Crippen molar-refractivity contribution in [3.8, 4) is 0 Å². The van der Waals surface area contributed by atoms with E-state index in [0.717, 1.165) is 12.1 Å². The molecule has 2 atom stereocenters. The van der Waals surface area contributed by atoms with Gasteiger partial charge in [0.2, 0.25) is 10.0 Å². The van der Waals surface area contributed by atoms with E-state index in [2.05, 4.69) is 4.72 Å². The zero-order valence-electron chi connectivity index (χ0n) is 28.2. The summed E-state index contributed by atoms with van der Waals surface area (Å²) in [6.07, 6.45) is -10.6. The molecule has 0 radical (unpaired) electrons. The molecule has 5 aromatic carbocycles. The summed E-state index contributed by atoms with van der Waals surface area (Å²) < 4.78 is 120. The van der Waals surface area contributed by atoms with E-state index in [1.807, 2.05) is 91.0 Å². The van der Waals surface area contributed by atoms with Crippen molar-refractivity contribution in [3.05, 3.63) is 177 Å². The molecule has 0 aliphatic carbocycles. The zero-order chi connectivity index (χ0) is 38.6. The topological polar surface area (TPSA) is 102 Å². The Morgan fingerprint density at radius 2 is 1.09 bits per heavy atom. The normalized spacial score (nSPS) is 13.8. The van der Waals surface area contributed by atoms with Crippen LogP contribution in [0.4, 0.5) is 32.0 Å². The maximum absolute atomic E-state index is 13.9. The Labute approximate surface area is 301 Å². The molecule has 53 heavy (non-hydrogen) atoms. The van der Waals surface area contributed by atoms with Crippen molar-refractivity contribution in [2.24, 2.45) is 0 Å². The van der Waals surface area contributed by atoms with Crippen LogP contribution in [-0.2, 0) is 32.7 Å². The molecule has 1 N–H and O–H groups in total. The monoisotopic (exact) mass is 757 g/mol. The highest BCUT2D eigenvalue weighted by Crippen LogP contribution is 2.42. The number of sulfonamides is 1. The van der Waals surface area contributed by atoms with Gasteiger partial charge in [0.25, 0.3) is 5.69 Å². The van der Waals surface area contributed by atoms with E-state index in [4.69, 9.17) is 4.74 Å². The van der Waals surface area contributed by atoms with Crippen LogP contribution in [0.25, 0.3) is 0 Å². The number of hydrogen-bond acceptors (Lipinski definition) is 6. The summed E-state index contributed by atoms with van der Waals surface area (Å²) in [5.41, 5.74) is -3.05. The third-order valence-corrected chi connectivity index (χ3v) is 10.1. The minimum atomic E-state index is -5.31. The van der Waals surface area contributed by atoms with Gasteiger partial charge in [-0.15, -0.1) is 0 Å². The van der Waals surface area contributed by atoms with Gasteiger partial charge in [-0.2, -0.15) is 26.3 Å². The third-order valence-electron chi connectivity index (χ3n) is 8.68. The highest BCUT2D eigenvalue weighted by atomic mass is 32.2. The molecule has 0 spiro atoms. The van der Waals surface area contributed by atoms with Gasteiger partial charge < -0.3 is 9.64 Å². The molecule has 0 aliphatic rings. The minimum absolute atomic E-state index is 0.120. The van der Waals surface area contributed by atoms with Crippen LogP contribution in [0.3, 0.4) is 0 Å².